The molecule has 0 bridgehead atoms. The van der Waals surface area contributed by atoms with Crippen molar-refractivity contribution in [2.24, 2.45) is 0 Å². The van der Waals surface area contributed by atoms with Crippen LogP contribution in [0.5, 0.6) is 0 Å². The van der Waals surface area contributed by atoms with Crippen LogP contribution in [0.4, 0.5) is 0 Å². The molecule has 1 unspecified atom stereocenters. The van der Waals surface area contributed by atoms with Gasteiger partial charge in [0, 0.05) is 12.6 Å². The van der Waals surface area contributed by atoms with Gasteiger partial charge in [0.25, 0.3) is 0 Å². The zero-order valence-corrected chi connectivity index (χ0v) is 9.06. The summed E-state index contributed by atoms with van der Waals surface area (Å²) in [5, 5.41) is 8.97. The van der Waals surface area contributed by atoms with Crippen molar-refractivity contribution in [3.63, 3.8) is 0 Å². The molecule has 1 aromatic rings. The molecule has 15 heavy (non-hydrogen) atoms. The van der Waals surface area contributed by atoms with E-state index in [1.54, 1.807) is 0 Å². The smallest absolute Gasteiger partial charge is 0.0954 e. The van der Waals surface area contributed by atoms with E-state index in [0.29, 0.717) is 6.04 Å². The lowest BCUT2D eigenvalue weighted by Crippen LogP contribution is -2.33. The third kappa shape index (κ3) is 2.57. The summed E-state index contributed by atoms with van der Waals surface area (Å²) in [6, 6.07) is 13.4. The molecular formula is C13H16N2. The van der Waals surface area contributed by atoms with E-state index in [4.69, 9.17) is 5.26 Å². The Morgan fingerprint density at radius 2 is 2.07 bits per heavy atom. The maximum Gasteiger partial charge on any atom is 0.0954 e. The average Bonchev–Trinajstić information content (AvgIpc) is 3.10. The van der Waals surface area contributed by atoms with E-state index >= 15 is 0 Å². The lowest BCUT2D eigenvalue weighted by Gasteiger charge is -2.24. The van der Waals surface area contributed by atoms with Crippen molar-refractivity contribution in [1.82, 2.24) is 4.90 Å². The van der Waals surface area contributed by atoms with Gasteiger partial charge in [-0.2, -0.15) is 5.26 Å². The fourth-order valence-corrected chi connectivity index (χ4v) is 1.86. The van der Waals surface area contributed by atoms with Crippen LogP contribution in [-0.4, -0.2) is 17.0 Å². The molecule has 78 valence electrons. The summed E-state index contributed by atoms with van der Waals surface area (Å²) in [4.78, 5) is 2.30. The van der Waals surface area contributed by atoms with Crippen LogP contribution in [0.1, 0.15) is 25.3 Å². The minimum Gasteiger partial charge on any atom is -0.281 e. The molecule has 0 heterocycles. The summed E-state index contributed by atoms with van der Waals surface area (Å²) < 4.78 is 0. The number of hydrogen-bond acceptors (Lipinski definition) is 2. The van der Waals surface area contributed by atoms with Crippen LogP contribution in [0.15, 0.2) is 30.3 Å². The van der Waals surface area contributed by atoms with Gasteiger partial charge in [-0.25, -0.2) is 0 Å². The molecule has 1 aliphatic rings. The second-order valence-corrected chi connectivity index (χ2v) is 4.19. The Labute approximate surface area is 91.1 Å². The highest BCUT2D eigenvalue weighted by atomic mass is 15.2. The number of hydrogen-bond donors (Lipinski definition) is 0. The summed E-state index contributed by atoms with van der Waals surface area (Å²) in [7, 11) is 0. The standard InChI is InChI=1S/C13H16N2/c1-11(9-14)15(13-7-8-13)10-12-5-3-2-4-6-12/h2-6,11,13H,7-8,10H2,1H3. The summed E-state index contributed by atoms with van der Waals surface area (Å²) in [5.74, 6) is 0. The second-order valence-electron chi connectivity index (χ2n) is 4.19. The Balaban J connectivity index is 2.04. The summed E-state index contributed by atoms with van der Waals surface area (Å²) in [6.07, 6.45) is 2.50. The van der Waals surface area contributed by atoms with E-state index in [0.717, 1.165) is 6.54 Å². The molecule has 0 aliphatic heterocycles. The highest BCUT2D eigenvalue weighted by Crippen LogP contribution is 2.29. The van der Waals surface area contributed by atoms with Gasteiger partial charge in [0.2, 0.25) is 0 Å². The molecule has 1 aliphatic carbocycles. The molecule has 2 rings (SSSR count). The molecule has 0 amide bonds. The SMILES string of the molecule is CC(C#N)N(Cc1ccccc1)C1CC1. The van der Waals surface area contributed by atoms with Crippen LogP contribution in [0.25, 0.3) is 0 Å². The normalized spacial score (nSPS) is 17.4. The molecule has 2 nitrogen and oxygen atoms in total. The van der Waals surface area contributed by atoms with Gasteiger partial charge in [-0.1, -0.05) is 30.3 Å². The van der Waals surface area contributed by atoms with E-state index < -0.39 is 0 Å². The first-order valence-electron chi connectivity index (χ1n) is 5.50. The van der Waals surface area contributed by atoms with Gasteiger partial charge in [-0.3, -0.25) is 4.90 Å². The molecule has 1 fully saturated rings. The molecular weight excluding hydrogens is 184 g/mol. The van der Waals surface area contributed by atoms with Crippen LogP contribution in [0, 0.1) is 11.3 Å². The van der Waals surface area contributed by atoms with E-state index in [2.05, 4.69) is 35.2 Å². The number of nitrogens with zero attached hydrogens (tertiary/aromatic N) is 2. The minimum absolute atomic E-state index is 0.0257. The minimum atomic E-state index is 0.0257. The number of rotatable bonds is 4. The second kappa shape index (κ2) is 4.46. The van der Waals surface area contributed by atoms with E-state index in [-0.39, 0.29) is 6.04 Å². The van der Waals surface area contributed by atoms with Gasteiger partial charge in [-0.15, -0.1) is 0 Å². The van der Waals surface area contributed by atoms with Crippen molar-refractivity contribution in [2.45, 2.75) is 38.4 Å². The fourth-order valence-electron chi connectivity index (χ4n) is 1.86. The van der Waals surface area contributed by atoms with Crippen molar-refractivity contribution in [1.29, 1.82) is 5.26 Å². The molecule has 0 spiro atoms. The molecule has 1 atom stereocenters. The molecule has 0 N–H and O–H groups in total. The predicted molar refractivity (Wildman–Crippen MR) is 60.1 cm³/mol. The number of benzene rings is 1. The highest BCUT2D eigenvalue weighted by Gasteiger charge is 2.31. The molecule has 1 saturated carbocycles. The van der Waals surface area contributed by atoms with Crippen LogP contribution in [-0.2, 0) is 6.54 Å². The van der Waals surface area contributed by atoms with Crippen molar-refractivity contribution >= 4 is 0 Å². The summed E-state index contributed by atoms with van der Waals surface area (Å²) in [5.41, 5.74) is 1.30. The van der Waals surface area contributed by atoms with Gasteiger partial charge in [-0.05, 0) is 25.3 Å². The van der Waals surface area contributed by atoms with Gasteiger partial charge in [0.1, 0.15) is 0 Å². The maximum absolute atomic E-state index is 8.97. The highest BCUT2D eigenvalue weighted by molar-refractivity contribution is 5.15. The van der Waals surface area contributed by atoms with Crippen molar-refractivity contribution < 1.29 is 0 Å². The van der Waals surface area contributed by atoms with E-state index in [1.807, 2.05) is 13.0 Å². The van der Waals surface area contributed by atoms with Crippen molar-refractivity contribution in [3.05, 3.63) is 35.9 Å². The maximum atomic E-state index is 8.97. The van der Waals surface area contributed by atoms with Crippen LogP contribution in [0.3, 0.4) is 0 Å². The molecule has 2 heteroatoms. The summed E-state index contributed by atoms with van der Waals surface area (Å²) >= 11 is 0. The largest absolute Gasteiger partial charge is 0.281 e. The fraction of sp³-hybridized carbons (Fsp3) is 0.462. The Bertz CT molecular complexity index is 349. The lowest BCUT2D eigenvalue weighted by atomic mass is 10.2. The van der Waals surface area contributed by atoms with Gasteiger partial charge in [0.05, 0.1) is 12.1 Å². The molecule has 0 radical (unpaired) electrons. The van der Waals surface area contributed by atoms with Gasteiger partial charge in [0.15, 0.2) is 0 Å². The van der Waals surface area contributed by atoms with Crippen molar-refractivity contribution in [2.75, 3.05) is 0 Å². The van der Waals surface area contributed by atoms with Gasteiger partial charge < -0.3 is 0 Å². The quantitative estimate of drug-likeness (QED) is 0.747. The Kier molecular flexibility index (Phi) is 3.03. The zero-order chi connectivity index (χ0) is 10.7. The third-order valence-corrected chi connectivity index (χ3v) is 2.91. The number of nitriles is 1. The predicted octanol–water partition coefficient (Wildman–Crippen LogP) is 2.56. The monoisotopic (exact) mass is 200 g/mol. The van der Waals surface area contributed by atoms with Crippen LogP contribution in [0.2, 0.25) is 0 Å². The molecule has 0 saturated heterocycles. The first kappa shape index (κ1) is 10.2. The topological polar surface area (TPSA) is 27.0 Å². The van der Waals surface area contributed by atoms with E-state index in [9.17, 15) is 0 Å². The Morgan fingerprint density at radius 3 is 2.60 bits per heavy atom. The third-order valence-electron chi connectivity index (χ3n) is 2.91. The van der Waals surface area contributed by atoms with Crippen LogP contribution >= 0.6 is 0 Å². The first-order valence-corrected chi connectivity index (χ1v) is 5.50. The average molecular weight is 200 g/mol. The summed E-state index contributed by atoms with van der Waals surface area (Å²) in [6.45, 7) is 2.89. The van der Waals surface area contributed by atoms with E-state index in [1.165, 1.54) is 18.4 Å². The molecule has 0 aromatic heterocycles. The van der Waals surface area contributed by atoms with Gasteiger partial charge >= 0.3 is 0 Å². The Morgan fingerprint density at radius 1 is 1.40 bits per heavy atom. The molecule has 1 aromatic carbocycles. The first-order chi connectivity index (χ1) is 7.31. The zero-order valence-electron chi connectivity index (χ0n) is 9.06. The van der Waals surface area contributed by atoms with Crippen LogP contribution < -0.4 is 0 Å². The lowest BCUT2D eigenvalue weighted by molar-refractivity contribution is 0.226. The van der Waals surface area contributed by atoms with Crippen molar-refractivity contribution in [3.8, 4) is 6.07 Å². The Hall–Kier alpha value is -1.33.